The van der Waals surface area contributed by atoms with E-state index < -0.39 is 0 Å². The number of amides is 1. The van der Waals surface area contributed by atoms with Gasteiger partial charge in [0.15, 0.2) is 0 Å². The highest BCUT2D eigenvalue weighted by Gasteiger charge is 2.46. The van der Waals surface area contributed by atoms with Crippen LogP contribution in [0.3, 0.4) is 0 Å². The van der Waals surface area contributed by atoms with Gasteiger partial charge in [-0.2, -0.15) is 0 Å². The number of hydrogen-bond donors (Lipinski definition) is 1. The standard InChI is InChI=1S/C27H28N2O/c30-27(25-20-24(25)21-10-4-1-5-11-21)29-18-16-28(17-19-29)26(22-12-6-2-7-13-22)23-14-8-3-9-15-23/h1-15,24-26H,16-20H2/p+1. The second-order valence-electron chi connectivity index (χ2n) is 8.60. The number of carbonyl (C=O) groups excluding carboxylic acids is 1. The van der Waals surface area contributed by atoms with E-state index in [0.717, 1.165) is 32.6 Å². The molecule has 1 amide bonds. The van der Waals surface area contributed by atoms with Crippen molar-refractivity contribution in [1.82, 2.24) is 4.90 Å². The second-order valence-corrected chi connectivity index (χ2v) is 8.60. The summed E-state index contributed by atoms with van der Waals surface area (Å²) in [5, 5.41) is 0. The number of nitrogens with one attached hydrogen (secondary N) is 1. The predicted octanol–water partition coefficient (Wildman–Crippen LogP) is 3.31. The van der Waals surface area contributed by atoms with E-state index >= 15 is 0 Å². The molecule has 0 bridgehead atoms. The number of carbonyl (C=O) groups is 1. The van der Waals surface area contributed by atoms with E-state index in [9.17, 15) is 4.79 Å². The maximum absolute atomic E-state index is 13.1. The van der Waals surface area contributed by atoms with Gasteiger partial charge in [-0.05, 0) is 17.9 Å². The summed E-state index contributed by atoms with van der Waals surface area (Å²) in [7, 11) is 0. The minimum atomic E-state index is 0.188. The van der Waals surface area contributed by atoms with Crippen molar-refractivity contribution in [2.24, 2.45) is 5.92 Å². The van der Waals surface area contributed by atoms with Crippen molar-refractivity contribution in [1.29, 1.82) is 0 Å². The Labute approximate surface area is 178 Å². The normalized spacial score (nSPS) is 21.6. The van der Waals surface area contributed by atoms with Gasteiger partial charge >= 0.3 is 0 Å². The topological polar surface area (TPSA) is 24.8 Å². The summed E-state index contributed by atoms with van der Waals surface area (Å²) >= 11 is 0. The number of piperazine rings is 1. The predicted molar refractivity (Wildman–Crippen MR) is 119 cm³/mol. The Morgan fingerprint density at radius 3 is 1.80 bits per heavy atom. The van der Waals surface area contributed by atoms with Crippen molar-refractivity contribution in [3.8, 4) is 0 Å². The minimum Gasteiger partial charge on any atom is -0.331 e. The molecular weight excluding hydrogens is 368 g/mol. The number of nitrogens with zero attached hydrogens (tertiary/aromatic N) is 1. The zero-order valence-electron chi connectivity index (χ0n) is 17.3. The third kappa shape index (κ3) is 3.90. The third-order valence-electron chi connectivity index (χ3n) is 6.73. The Bertz CT molecular complexity index is 926. The Hall–Kier alpha value is -2.91. The molecular formula is C27H29N2O+. The van der Waals surface area contributed by atoms with Crippen LogP contribution in [0.2, 0.25) is 0 Å². The van der Waals surface area contributed by atoms with Gasteiger partial charge in [-0.1, -0.05) is 91.0 Å². The number of benzene rings is 3. The highest BCUT2D eigenvalue weighted by molar-refractivity contribution is 5.83. The van der Waals surface area contributed by atoms with Crippen molar-refractivity contribution in [3.05, 3.63) is 108 Å². The molecule has 5 rings (SSSR count). The van der Waals surface area contributed by atoms with Crippen LogP contribution in [0.25, 0.3) is 0 Å². The molecule has 2 aliphatic rings. The molecule has 0 aromatic heterocycles. The first-order valence-electron chi connectivity index (χ1n) is 11.1. The molecule has 1 aliphatic carbocycles. The Morgan fingerprint density at radius 2 is 1.27 bits per heavy atom. The first-order chi connectivity index (χ1) is 14.8. The molecule has 1 saturated carbocycles. The molecule has 0 radical (unpaired) electrons. The molecule has 2 unspecified atom stereocenters. The summed E-state index contributed by atoms with van der Waals surface area (Å²) in [6.45, 7) is 3.68. The average Bonchev–Trinajstić information content (AvgIpc) is 3.62. The molecule has 3 aromatic rings. The van der Waals surface area contributed by atoms with Gasteiger partial charge in [0, 0.05) is 17.0 Å². The van der Waals surface area contributed by atoms with E-state index in [4.69, 9.17) is 0 Å². The fourth-order valence-electron chi connectivity index (χ4n) is 5.03. The van der Waals surface area contributed by atoms with Gasteiger partial charge in [-0.15, -0.1) is 0 Å². The highest BCUT2D eigenvalue weighted by atomic mass is 16.2. The number of quaternary nitrogens is 1. The average molecular weight is 398 g/mol. The summed E-state index contributed by atoms with van der Waals surface area (Å²) < 4.78 is 0. The van der Waals surface area contributed by atoms with E-state index in [1.807, 2.05) is 6.07 Å². The molecule has 3 aromatic carbocycles. The lowest BCUT2D eigenvalue weighted by molar-refractivity contribution is -0.929. The molecule has 2 fully saturated rings. The molecule has 3 nitrogen and oxygen atoms in total. The van der Waals surface area contributed by atoms with Crippen LogP contribution in [-0.4, -0.2) is 37.0 Å². The summed E-state index contributed by atoms with van der Waals surface area (Å²) in [5.41, 5.74) is 4.02. The van der Waals surface area contributed by atoms with Crippen LogP contribution < -0.4 is 4.90 Å². The van der Waals surface area contributed by atoms with Gasteiger partial charge in [0.2, 0.25) is 5.91 Å². The van der Waals surface area contributed by atoms with Crippen LogP contribution in [0, 0.1) is 5.92 Å². The molecule has 152 valence electrons. The Balaban J connectivity index is 1.26. The molecule has 1 saturated heterocycles. The summed E-state index contributed by atoms with van der Waals surface area (Å²) in [6, 6.07) is 32.4. The SMILES string of the molecule is O=C(C1CC1c1ccccc1)N1CC[NH+](C(c2ccccc2)c2ccccc2)CC1. The van der Waals surface area contributed by atoms with Crippen LogP contribution >= 0.6 is 0 Å². The zero-order valence-corrected chi connectivity index (χ0v) is 17.3. The van der Waals surface area contributed by atoms with Crippen molar-refractivity contribution in [2.45, 2.75) is 18.4 Å². The van der Waals surface area contributed by atoms with Gasteiger partial charge in [-0.3, -0.25) is 4.79 Å². The van der Waals surface area contributed by atoms with Crippen molar-refractivity contribution in [3.63, 3.8) is 0 Å². The molecule has 3 heteroatoms. The van der Waals surface area contributed by atoms with Crippen LogP contribution in [0.5, 0.6) is 0 Å². The van der Waals surface area contributed by atoms with Gasteiger partial charge in [0.25, 0.3) is 0 Å². The maximum Gasteiger partial charge on any atom is 0.226 e. The number of hydrogen-bond acceptors (Lipinski definition) is 1. The van der Waals surface area contributed by atoms with Crippen molar-refractivity contribution < 1.29 is 9.69 Å². The van der Waals surface area contributed by atoms with Gasteiger partial charge in [0.1, 0.15) is 6.04 Å². The Kier molecular flexibility index (Phi) is 5.37. The van der Waals surface area contributed by atoms with Gasteiger partial charge in [0.05, 0.1) is 26.2 Å². The number of rotatable bonds is 5. The molecule has 1 aliphatic heterocycles. The first-order valence-corrected chi connectivity index (χ1v) is 11.1. The van der Waals surface area contributed by atoms with E-state index in [1.165, 1.54) is 16.7 Å². The first kappa shape index (κ1) is 19.1. The molecule has 0 spiro atoms. The molecule has 30 heavy (non-hydrogen) atoms. The Morgan fingerprint density at radius 1 is 0.767 bits per heavy atom. The minimum absolute atomic E-state index is 0.188. The summed E-state index contributed by atoms with van der Waals surface area (Å²) in [5.74, 6) is 0.970. The maximum atomic E-state index is 13.1. The fraction of sp³-hybridized carbons (Fsp3) is 0.296. The van der Waals surface area contributed by atoms with Crippen LogP contribution in [-0.2, 0) is 4.79 Å². The van der Waals surface area contributed by atoms with E-state index in [1.54, 1.807) is 4.90 Å². The molecule has 1 heterocycles. The second kappa shape index (κ2) is 8.45. The molecule has 2 atom stereocenters. The lowest BCUT2D eigenvalue weighted by atomic mass is 9.96. The largest absolute Gasteiger partial charge is 0.331 e. The third-order valence-corrected chi connectivity index (χ3v) is 6.73. The smallest absolute Gasteiger partial charge is 0.226 e. The lowest BCUT2D eigenvalue weighted by Crippen LogP contribution is -3.15. The van der Waals surface area contributed by atoms with E-state index in [-0.39, 0.29) is 5.92 Å². The summed E-state index contributed by atoms with van der Waals surface area (Å²) in [4.78, 5) is 16.7. The zero-order chi connectivity index (χ0) is 20.3. The van der Waals surface area contributed by atoms with E-state index in [0.29, 0.717) is 17.9 Å². The quantitative estimate of drug-likeness (QED) is 0.702. The highest BCUT2D eigenvalue weighted by Crippen LogP contribution is 2.48. The van der Waals surface area contributed by atoms with Gasteiger partial charge < -0.3 is 9.80 Å². The van der Waals surface area contributed by atoms with Gasteiger partial charge in [-0.25, -0.2) is 0 Å². The van der Waals surface area contributed by atoms with Crippen LogP contribution in [0.4, 0.5) is 0 Å². The van der Waals surface area contributed by atoms with E-state index in [2.05, 4.69) is 89.8 Å². The monoisotopic (exact) mass is 397 g/mol. The lowest BCUT2D eigenvalue weighted by Gasteiger charge is -2.37. The van der Waals surface area contributed by atoms with Crippen LogP contribution in [0.15, 0.2) is 91.0 Å². The van der Waals surface area contributed by atoms with Crippen molar-refractivity contribution >= 4 is 5.91 Å². The fourth-order valence-corrected chi connectivity index (χ4v) is 5.03. The van der Waals surface area contributed by atoms with Crippen LogP contribution in [0.1, 0.15) is 35.1 Å². The molecule has 1 N–H and O–H groups in total. The van der Waals surface area contributed by atoms with Crippen molar-refractivity contribution in [2.75, 3.05) is 26.2 Å². The summed E-state index contributed by atoms with van der Waals surface area (Å²) in [6.07, 6.45) is 1.01.